The van der Waals surface area contributed by atoms with Gasteiger partial charge in [-0.25, -0.2) is 0 Å². The van der Waals surface area contributed by atoms with E-state index in [2.05, 4.69) is 10.6 Å². The van der Waals surface area contributed by atoms with Gasteiger partial charge < -0.3 is 16.4 Å². The number of para-hydroxylation sites is 2. The third-order valence-electron chi connectivity index (χ3n) is 1.66. The molecule has 1 rings (SSSR count). The van der Waals surface area contributed by atoms with Crippen LogP contribution < -0.4 is 16.4 Å². The molecular formula is C11H21N3. The van der Waals surface area contributed by atoms with E-state index in [1.54, 1.807) is 0 Å². The second-order valence-corrected chi connectivity index (χ2v) is 2.51. The zero-order valence-electron chi connectivity index (χ0n) is 9.30. The molecule has 0 spiro atoms. The van der Waals surface area contributed by atoms with Crippen LogP contribution in [-0.4, -0.2) is 20.1 Å². The van der Waals surface area contributed by atoms with E-state index in [1.807, 2.05) is 45.2 Å². The number of anilines is 2. The summed E-state index contributed by atoms with van der Waals surface area (Å²) in [5.41, 5.74) is 7.59. The fourth-order valence-corrected chi connectivity index (χ4v) is 1.06. The maximum atomic E-state index is 5.38. The minimum Gasteiger partial charge on any atom is -0.386 e. The summed E-state index contributed by atoms with van der Waals surface area (Å²) >= 11 is 0. The van der Waals surface area contributed by atoms with Crippen LogP contribution in [0, 0.1) is 0 Å². The van der Waals surface area contributed by atoms with Crippen molar-refractivity contribution in [2.24, 2.45) is 5.73 Å². The molecule has 4 N–H and O–H groups in total. The second kappa shape index (κ2) is 8.38. The maximum Gasteiger partial charge on any atom is 0.0576 e. The lowest BCUT2D eigenvalue weighted by atomic mass is 10.2. The Labute approximate surface area is 86.7 Å². The summed E-state index contributed by atoms with van der Waals surface area (Å²) in [6.07, 6.45) is 0. The Balaban J connectivity index is 0.000000791. The summed E-state index contributed by atoms with van der Waals surface area (Å²) in [5.74, 6) is 0. The summed E-state index contributed by atoms with van der Waals surface area (Å²) in [5, 5.41) is 6.33. The van der Waals surface area contributed by atoms with Crippen LogP contribution in [0.3, 0.4) is 0 Å². The van der Waals surface area contributed by atoms with Crippen LogP contribution in [0.2, 0.25) is 0 Å². The van der Waals surface area contributed by atoms with Crippen molar-refractivity contribution in [1.29, 1.82) is 0 Å². The Morgan fingerprint density at radius 1 is 1.14 bits per heavy atom. The van der Waals surface area contributed by atoms with Crippen LogP contribution in [0.4, 0.5) is 11.4 Å². The van der Waals surface area contributed by atoms with Crippen molar-refractivity contribution in [3.05, 3.63) is 24.3 Å². The lowest BCUT2D eigenvalue weighted by molar-refractivity contribution is 1.02. The van der Waals surface area contributed by atoms with Gasteiger partial charge in [-0.1, -0.05) is 26.0 Å². The highest BCUT2D eigenvalue weighted by atomic mass is 14.9. The van der Waals surface area contributed by atoms with Crippen molar-refractivity contribution >= 4 is 11.4 Å². The smallest absolute Gasteiger partial charge is 0.0576 e. The maximum absolute atomic E-state index is 5.38. The van der Waals surface area contributed by atoms with Gasteiger partial charge in [-0.15, -0.1) is 0 Å². The number of nitrogens with one attached hydrogen (secondary N) is 2. The van der Waals surface area contributed by atoms with Crippen LogP contribution in [-0.2, 0) is 0 Å². The molecule has 0 aliphatic rings. The predicted molar refractivity (Wildman–Crippen MR) is 64.9 cm³/mol. The molecule has 80 valence electrons. The van der Waals surface area contributed by atoms with Crippen LogP contribution in [0.15, 0.2) is 24.3 Å². The Kier molecular flexibility index (Phi) is 7.65. The van der Waals surface area contributed by atoms with Gasteiger partial charge in [0, 0.05) is 20.1 Å². The Morgan fingerprint density at radius 3 is 2.21 bits per heavy atom. The van der Waals surface area contributed by atoms with Crippen molar-refractivity contribution in [2.75, 3.05) is 30.8 Å². The largest absolute Gasteiger partial charge is 0.386 e. The summed E-state index contributed by atoms with van der Waals surface area (Å²) < 4.78 is 0. The summed E-state index contributed by atoms with van der Waals surface area (Å²) in [6, 6.07) is 8.06. The minimum absolute atomic E-state index is 0.651. The number of hydrogen-bond acceptors (Lipinski definition) is 3. The first-order chi connectivity index (χ1) is 6.88. The highest BCUT2D eigenvalue weighted by Crippen LogP contribution is 2.19. The molecular weight excluding hydrogens is 174 g/mol. The average molecular weight is 195 g/mol. The van der Waals surface area contributed by atoms with Crippen molar-refractivity contribution in [2.45, 2.75) is 13.8 Å². The van der Waals surface area contributed by atoms with Crippen molar-refractivity contribution in [1.82, 2.24) is 0 Å². The molecule has 0 radical (unpaired) electrons. The fourth-order valence-electron chi connectivity index (χ4n) is 1.06. The Morgan fingerprint density at radius 2 is 1.71 bits per heavy atom. The zero-order valence-corrected chi connectivity index (χ0v) is 9.30. The van der Waals surface area contributed by atoms with E-state index < -0.39 is 0 Å². The molecule has 0 unspecified atom stereocenters. The number of nitrogens with two attached hydrogens (primary N) is 1. The van der Waals surface area contributed by atoms with E-state index in [1.165, 1.54) is 0 Å². The van der Waals surface area contributed by atoms with Crippen molar-refractivity contribution < 1.29 is 0 Å². The minimum atomic E-state index is 0.651. The third kappa shape index (κ3) is 4.14. The topological polar surface area (TPSA) is 50.1 Å². The molecule has 1 aromatic carbocycles. The first-order valence-corrected chi connectivity index (χ1v) is 5.09. The van der Waals surface area contributed by atoms with Gasteiger partial charge >= 0.3 is 0 Å². The number of hydrogen-bond donors (Lipinski definition) is 3. The van der Waals surface area contributed by atoms with E-state index in [4.69, 9.17) is 5.73 Å². The zero-order chi connectivity index (χ0) is 10.8. The molecule has 0 bridgehead atoms. The molecule has 0 aromatic heterocycles. The normalized spacial score (nSPS) is 8.57. The number of rotatable bonds is 4. The van der Waals surface area contributed by atoms with E-state index in [9.17, 15) is 0 Å². The SMILES string of the molecule is CC.CNc1ccccc1NCCN. The lowest BCUT2D eigenvalue weighted by Crippen LogP contribution is -2.13. The van der Waals surface area contributed by atoms with Crippen LogP contribution >= 0.6 is 0 Å². The predicted octanol–water partition coefficient (Wildman–Crippen LogP) is 2.13. The van der Waals surface area contributed by atoms with Crippen molar-refractivity contribution in [3.8, 4) is 0 Å². The Bertz CT molecular complexity index is 236. The van der Waals surface area contributed by atoms with E-state index in [0.29, 0.717) is 6.54 Å². The van der Waals surface area contributed by atoms with E-state index in [-0.39, 0.29) is 0 Å². The van der Waals surface area contributed by atoms with Gasteiger partial charge in [-0.2, -0.15) is 0 Å². The van der Waals surface area contributed by atoms with Gasteiger partial charge in [-0.3, -0.25) is 0 Å². The van der Waals surface area contributed by atoms with Crippen LogP contribution in [0.25, 0.3) is 0 Å². The van der Waals surface area contributed by atoms with E-state index >= 15 is 0 Å². The first-order valence-electron chi connectivity index (χ1n) is 5.09. The molecule has 0 aliphatic carbocycles. The van der Waals surface area contributed by atoms with Gasteiger partial charge in [-0.05, 0) is 12.1 Å². The molecule has 0 fully saturated rings. The molecule has 0 atom stereocenters. The fraction of sp³-hybridized carbons (Fsp3) is 0.455. The van der Waals surface area contributed by atoms with Gasteiger partial charge in [0.1, 0.15) is 0 Å². The first kappa shape index (κ1) is 12.8. The third-order valence-corrected chi connectivity index (χ3v) is 1.66. The summed E-state index contributed by atoms with van der Waals surface area (Å²) in [6.45, 7) is 5.46. The van der Waals surface area contributed by atoms with Crippen LogP contribution in [0.5, 0.6) is 0 Å². The highest BCUT2D eigenvalue weighted by Gasteiger charge is 1.95. The second-order valence-electron chi connectivity index (χ2n) is 2.51. The van der Waals surface area contributed by atoms with Crippen molar-refractivity contribution in [3.63, 3.8) is 0 Å². The summed E-state index contributed by atoms with van der Waals surface area (Å²) in [7, 11) is 1.91. The standard InChI is InChI=1S/C9H15N3.C2H6/c1-11-8-4-2-3-5-9(8)12-7-6-10;1-2/h2-5,11-12H,6-7,10H2,1H3;1-2H3. The average Bonchev–Trinajstić information content (AvgIpc) is 2.29. The van der Waals surface area contributed by atoms with Gasteiger partial charge in [0.05, 0.1) is 11.4 Å². The van der Waals surface area contributed by atoms with Gasteiger partial charge in [0.25, 0.3) is 0 Å². The molecule has 0 saturated carbocycles. The monoisotopic (exact) mass is 195 g/mol. The molecule has 3 nitrogen and oxygen atoms in total. The molecule has 1 aromatic rings. The molecule has 0 aliphatic heterocycles. The van der Waals surface area contributed by atoms with Gasteiger partial charge in [0.2, 0.25) is 0 Å². The lowest BCUT2D eigenvalue weighted by Gasteiger charge is -2.09. The molecule has 14 heavy (non-hydrogen) atoms. The molecule has 0 amide bonds. The van der Waals surface area contributed by atoms with E-state index in [0.717, 1.165) is 17.9 Å². The summed E-state index contributed by atoms with van der Waals surface area (Å²) in [4.78, 5) is 0. The Hall–Kier alpha value is -1.22. The quantitative estimate of drug-likeness (QED) is 0.690. The molecule has 0 heterocycles. The molecule has 0 saturated heterocycles. The van der Waals surface area contributed by atoms with Gasteiger partial charge in [0.15, 0.2) is 0 Å². The molecule has 3 heteroatoms. The number of benzene rings is 1. The van der Waals surface area contributed by atoms with Crippen LogP contribution in [0.1, 0.15) is 13.8 Å². The highest BCUT2D eigenvalue weighted by molar-refractivity contribution is 5.68.